The standard InChI is InChI=1S/C37H29BN2O2.Tl.H/c1-4-13-26-22-30-36(24-32(26)40(20-5-2)28-16-10-7-11-17-28)42-34-19-12-18-33-37(34)38(30)29-21-25(3)31(23-35(29)41-33)39-27-14-8-6-9-15-27;;/h3-24,39H,1-2H3;;/b13-4-,20-5+;;. The molecular weight excluding hydrogens is 720 g/mol. The van der Waals surface area contributed by atoms with Gasteiger partial charge in [-0.05, 0) is 6.92 Å². The SMILES string of the molecule is C/C=C\c1cc2c(cc1N(/C=C/C)c1ccccc1)Oc1cccc3c1B2c1cc([CH]=[TlH])c(Nc2ccccc2)cc1O3. The first-order valence-electron chi connectivity index (χ1n) is 14.6. The van der Waals surface area contributed by atoms with Crippen molar-refractivity contribution < 1.29 is 9.47 Å². The molecule has 0 aromatic heterocycles. The maximum absolute atomic E-state index is 6.67. The van der Waals surface area contributed by atoms with Gasteiger partial charge in [0.25, 0.3) is 0 Å². The molecule has 0 radical (unpaired) electrons. The Labute approximate surface area is 268 Å². The minimum absolute atomic E-state index is 0.0125. The topological polar surface area (TPSA) is 33.7 Å². The van der Waals surface area contributed by atoms with Crippen LogP contribution in [0.3, 0.4) is 0 Å². The zero-order valence-corrected chi connectivity index (χ0v) is 29.7. The molecule has 5 aromatic rings. The molecule has 0 saturated heterocycles. The third kappa shape index (κ3) is 5.01. The molecule has 0 amide bonds. The first-order chi connectivity index (χ1) is 21.2. The van der Waals surface area contributed by atoms with Gasteiger partial charge in [-0.1, -0.05) is 18.2 Å². The van der Waals surface area contributed by atoms with E-state index in [0.29, 0.717) is 25.3 Å². The number of benzene rings is 5. The normalized spacial score (nSPS) is 12.6. The van der Waals surface area contributed by atoms with Gasteiger partial charge in [-0.2, -0.15) is 0 Å². The van der Waals surface area contributed by atoms with Gasteiger partial charge in [0.05, 0.1) is 0 Å². The number of ether oxygens (including phenoxy) is 2. The molecule has 206 valence electrons. The average Bonchev–Trinajstić information content (AvgIpc) is 3.04. The van der Waals surface area contributed by atoms with Gasteiger partial charge in [-0.15, -0.1) is 0 Å². The Kier molecular flexibility index (Phi) is 7.49. The molecule has 7 rings (SSSR count). The number of nitrogens with zero attached hydrogens (tertiary/aromatic N) is 1. The molecule has 0 unspecified atom stereocenters. The number of fused-ring (bicyclic) bond motifs is 4. The predicted molar refractivity (Wildman–Crippen MR) is 184 cm³/mol. The van der Waals surface area contributed by atoms with Crippen molar-refractivity contribution in [2.75, 3.05) is 10.2 Å². The molecule has 6 heteroatoms. The fourth-order valence-electron chi connectivity index (χ4n) is 6.07. The summed E-state index contributed by atoms with van der Waals surface area (Å²) in [5.74, 6) is 3.42. The van der Waals surface area contributed by atoms with E-state index < -0.39 is 0 Å². The Morgan fingerprint density at radius 3 is 2.00 bits per heavy atom. The second-order valence-electron chi connectivity index (χ2n) is 10.6. The van der Waals surface area contributed by atoms with E-state index in [0.717, 1.165) is 67.7 Å². The molecule has 0 fully saturated rings. The van der Waals surface area contributed by atoms with Crippen LogP contribution >= 0.6 is 0 Å². The molecule has 1 N–H and O–H groups in total. The van der Waals surface area contributed by atoms with Gasteiger partial charge in [-0.3, -0.25) is 0 Å². The van der Waals surface area contributed by atoms with Gasteiger partial charge in [0.2, 0.25) is 0 Å². The zero-order valence-electron chi connectivity index (χ0n) is 24.2. The Morgan fingerprint density at radius 1 is 0.698 bits per heavy atom. The van der Waals surface area contributed by atoms with Crippen LogP contribution in [0.1, 0.15) is 25.0 Å². The maximum atomic E-state index is 6.67. The second-order valence-corrected chi connectivity index (χ2v) is 12.2. The predicted octanol–water partition coefficient (Wildman–Crippen LogP) is 6.91. The van der Waals surface area contributed by atoms with Crippen molar-refractivity contribution in [2.45, 2.75) is 13.8 Å². The molecule has 0 aliphatic carbocycles. The van der Waals surface area contributed by atoms with Crippen LogP contribution in [0.25, 0.3) is 6.08 Å². The Bertz CT molecular complexity index is 1900. The van der Waals surface area contributed by atoms with E-state index in [4.69, 9.17) is 9.47 Å². The van der Waals surface area contributed by atoms with Crippen LogP contribution in [0.2, 0.25) is 0 Å². The van der Waals surface area contributed by atoms with Gasteiger partial charge < -0.3 is 0 Å². The first kappa shape index (κ1) is 27.5. The van der Waals surface area contributed by atoms with E-state index in [1.165, 1.54) is 5.56 Å². The summed E-state index contributed by atoms with van der Waals surface area (Å²) in [6, 6.07) is 35.8. The summed E-state index contributed by atoms with van der Waals surface area (Å²) >= 11 is 0.473. The molecular formula is C37H30BN2O2Tl. The van der Waals surface area contributed by atoms with Gasteiger partial charge in [0, 0.05) is 0 Å². The van der Waals surface area contributed by atoms with Crippen LogP contribution < -0.4 is 36.1 Å². The molecule has 5 aromatic carbocycles. The summed E-state index contributed by atoms with van der Waals surface area (Å²) < 4.78 is 15.6. The first-order valence-corrected chi connectivity index (χ1v) is 17.7. The Balaban J connectivity index is 1.42. The van der Waals surface area contributed by atoms with Crippen LogP contribution in [-0.4, -0.2) is 35.6 Å². The van der Waals surface area contributed by atoms with Crippen LogP contribution in [0.15, 0.2) is 121 Å². The molecule has 2 aliphatic heterocycles. The van der Waals surface area contributed by atoms with E-state index in [-0.39, 0.29) is 6.71 Å². The summed E-state index contributed by atoms with van der Waals surface area (Å²) in [5, 5.41) is 3.62. The number of hydrogen-bond donors (Lipinski definition) is 1. The van der Waals surface area contributed by atoms with Crippen molar-refractivity contribution in [3.63, 3.8) is 0 Å². The summed E-state index contributed by atoms with van der Waals surface area (Å²) in [4.78, 5) is 2.22. The molecule has 0 bridgehead atoms. The summed E-state index contributed by atoms with van der Waals surface area (Å²) in [6.07, 6.45) is 8.46. The molecule has 43 heavy (non-hydrogen) atoms. The van der Waals surface area contributed by atoms with Crippen LogP contribution in [0.5, 0.6) is 23.0 Å². The second kappa shape index (κ2) is 11.7. The summed E-state index contributed by atoms with van der Waals surface area (Å²) in [5.41, 5.74) is 9.99. The number of rotatable bonds is 7. The van der Waals surface area contributed by atoms with Gasteiger partial charge >= 0.3 is 245 Å². The molecule has 0 atom stereocenters. The Hall–Kier alpha value is -4.36. The molecule has 2 aliphatic rings. The number of allylic oxidation sites excluding steroid dienone is 2. The number of anilines is 4. The fraction of sp³-hybridized carbons (Fsp3) is 0.0541. The van der Waals surface area contributed by atoms with Crippen molar-refractivity contribution in [1.82, 2.24) is 0 Å². The van der Waals surface area contributed by atoms with Gasteiger partial charge in [0.1, 0.15) is 0 Å². The molecule has 4 nitrogen and oxygen atoms in total. The van der Waals surface area contributed by atoms with E-state index >= 15 is 0 Å². The fourth-order valence-corrected chi connectivity index (χ4v) is 7.38. The number of hydrogen-bond acceptors (Lipinski definition) is 4. The van der Waals surface area contributed by atoms with Crippen LogP contribution in [0, 0.1) is 0 Å². The van der Waals surface area contributed by atoms with Crippen molar-refractivity contribution in [3.8, 4) is 23.0 Å². The summed E-state index contributed by atoms with van der Waals surface area (Å²) in [7, 11) is 0. The molecule has 0 spiro atoms. The van der Waals surface area contributed by atoms with Gasteiger partial charge in [-0.25, -0.2) is 0 Å². The number of para-hydroxylation sites is 2. The monoisotopic (exact) mass is 750 g/mol. The summed E-state index contributed by atoms with van der Waals surface area (Å²) in [6.45, 7) is 4.10. The third-order valence-electron chi connectivity index (χ3n) is 7.93. The third-order valence-corrected chi connectivity index (χ3v) is 9.64. The quantitative estimate of drug-likeness (QED) is 0.180. The van der Waals surface area contributed by atoms with Crippen LogP contribution in [0.4, 0.5) is 22.7 Å². The van der Waals surface area contributed by atoms with Crippen molar-refractivity contribution in [2.24, 2.45) is 0 Å². The van der Waals surface area contributed by atoms with E-state index in [1.807, 2.05) is 43.3 Å². The van der Waals surface area contributed by atoms with Gasteiger partial charge in [0.15, 0.2) is 0 Å². The number of nitrogens with one attached hydrogen (secondary N) is 1. The van der Waals surface area contributed by atoms with Crippen molar-refractivity contribution in [3.05, 3.63) is 133 Å². The van der Waals surface area contributed by atoms with Crippen LogP contribution in [-0.2, 0) is 0 Å². The van der Waals surface area contributed by atoms with E-state index in [9.17, 15) is 0 Å². The Morgan fingerprint density at radius 2 is 1.35 bits per heavy atom. The van der Waals surface area contributed by atoms with E-state index in [1.54, 1.807) is 0 Å². The molecule has 0 saturated carbocycles. The van der Waals surface area contributed by atoms with E-state index in [2.05, 4.69) is 112 Å². The van der Waals surface area contributed by atoms with Crippen molar-refractivity contribution >= 4 is 80.8 Å². The van der Waals surface area contributed by atoms with Crippen molar-refractivity contribution in [1.29, 1.82) is 0 Å². The minimum atomic E-state index is -0.0125. The zero-order chi connectivity index (χ0) is 29.3. The average molecular weight is 750 g/mol. The molecule has 2 heterocycles.